The number of carbonyl (C=O) groups is 1. The molecule has 0 aromatic heterocycles. The van der Waals surface area contributed by atoms with E-state index in [4.69, 9.17) is 16.7 Å². The van der Waals surface area contributed by atoms with Gasteiger partial charge >= 0.3 is 5.97 Å². The summed E-state index contributed by atoms with van der Waals surface area (Å²) in [5.74, 6) is -2.66. The van der Waals surface area contributed by atoms with Gasteiger partial charge in [-0.15, -0.1) is 0 Å². The fourth-order valence-electron chi connectivity index (χ4n) is 1.77. The van der Waals surface area contributed by atoms with Crippen molar-refractivity contribution in [1.29, 1.82) is 0 Å². The van der Waals surface area contributed by atoms with Crippen molar-refractivity contribution >= 4 is 17.6 Å². The maximum absolute atomic E-state index is 13.3. The van der Waals surface area contributed by atoms with Gasteiger partial charge in [0, 0.05) is 0 Å². The van der Waals surface area contributed by atoms with Gasteiger partial charge in [0.2, 0.25) is 0 Å². The highest BCUT2D eigenvalue weighted by Crippen LogP contribution is 2.28. The Morgan fingerprint density at radius 3 is 2.67 bits per heavy atom. The highest BCUT2D eigenvalue weighted by molar-refractivity contribution is 6.30. The third kappa shape index (κ3) is 3.68. The first kappa shape index (κ1) is 14.9. The van der Waals surface area contributed by atoms with Crippen molar-refractivity contribution in [3.05, 3.63) is 34.6 Å². The van der Waals surface area contributed by atoms with Crippen molar-refractivity contribution in [2.75, 3.05) is 0 Å². The Balaban J connectivity index is 2.90. The molecule has 100 valence electrons. The second kappa shape index (κ2) is 6.71. The number of benzene rings is 1. The SMILES string of the molecule is CCCCC(C(=O)O)C(O)c1ccc(Cl)c(F)c1. The zero-order valence-electron chi connectivity index (χ0n) is 10.1. The number of halogens is 2. The van der Waals surface area contributed by atoms with E-state index >= 15 is 0 Å². The van der Waals surface area contributed by atoms with Crippen LogP contribution in [0.5, 0.6) is 0 Å². The molecule has 3 nitrogen and oxygen atoms in total. The molecule has 0 aliphatic rings. The second-order valence-electron chi connectivity index (χ2n) is 4.21. The van der Waals surface area contributed by atoms with Gasteiger partial charge in [0.15, 0.2) is 0 Å². The lowest BCUT2D eigenvalue weighted by molar-refractivity contribution is -0.146. The molecule has 2 N–H and O–H groups in total. The van der Waals surface area contributed by atoms with Crippen LogP contribution >= 0.6 is 11.6 Å². The van der Waals surface area contributed by atoms with Crippen molar-refractivity contribution in [3.63, 3.8) is 0 Å². The van der Waals surface area contributed by atoms with Crippen LogP contribution in [0.1, 0.15) is 37.9 Å². The van der Waals surface area contributed by atoms with E-state index in [2.05, 4.69) is 0 Å². The smallest absolute Gasteiger partial charge is 0.309 e. The summed E-state index contributed by atoms with van der Waals surface area (Å²) in [4.78, 5) is 11.1. The molecule has 0 saturated heterocycles. The van der Waals surface area contributed by atoms with Crippen molar-refractivity contribution in [2.45, 2.75) is 32.3 Å². The summed E-state index contributed by atoms with van der Waals surface area (Å²) in [5.41, 5.74) is 0.236. The summed E-state index contributed by atoms with van der Waals surface area (Å²) in [6.45, 7) is 1.94. The van der Waals surface area contributed by atoms with E-state index in [0.717, 1.165) is 12.5 Å². The number of carboxylic acids is 1. The Morgan fingerprint density at radius 1 is 1.50 bits per heavy atom. The number of hydrogen-bond acceptors (Lipinski definition) is 2. The van der Waals surface area contributed by atoms with E-state index in [1.807, 2.05) is 6.92 Å². The first-order valence-electron chi connectivity index (χ1n) is 5.83. The maximum Gasteiger partial charge on any atom is 0.309 e. The van der Waals surface area contributed by atoms with E-state index in [9.17, 15) is 14.3 Å². The van der Waals surface area contributed by atoms with Crippen LogP contribution in [0.3, 0.4) is 0 Å². The molecule has 0 fully saturated rings. The van der Waals surface area contributed by atoms with Crippen molar-refractivity contribution in [2.24, 2.45) is 5.92 Å². The Kier molecular flexibility index (Phi) is 5.56. The second-order valence-corrected chi connectivity index (χ2v) is 4.61. The fourth-order valence-corrected chi connectivity index (χ4v) is 1.89. The fraction of sp³-hybridized carbons (Fsp3) is 0.462. The first-order valence-corrected chi connectivity index (χ1v) is 6.21. The van der Waals surface area contributed by atoms with E-state index in [1.54, 1.807) is 0 Å². The van der Waals surface area contributed by atoms with Gasteiger partial charge in [-0.1, -0.05) is 37.4 Å². The molecular weight excluding hydrogens is 259 g/mol. The Hall–Kier alpha value is -1.13. The lowest BCUT2D eigenvalue weighted by Gasteiger charge is -2.19. The van der Waals surface area contributed by atoms with Gasteiger partial charge in [-0.3, -0.25) is 4.79 Å². The maximum atomic E-state index is 13.3. The monoisotopic (exact) mass is 274 g/mol. The molecule has 2 atom stereocenters. The van der Waals surface area contributed by atoms with E-state index in [0.29, 0.717) is 12.8 Å². The van der Waals surface area contributed by atoms with Crippen LogP contribution in [0.15, 0.2) is 18.2 Å². The molecule has 2 unspecified atom stereocenters. The average Bonchev–Trinajstić information content (AvgIpc) is 2.32. The number of hydrogen-bond donors (Lipinski definition) is 2. The van der Waals surface area contributed by atoms with Gasteiger partial charge in [0.25, 0.3) is 0 Å². The minimum Gasteiger partial charge on any atom is -0.481 e. The molecule has 1 rings (SSSR count). The molecule has 0 bridgehead atoms. The van der Waals surface area contributed by atoms with Crippen molar-refractivity contribution < 1.29 is 19.4 Å². The van der Waals surface area contributed by atoms with Crippen LogP contribution < -0.4 is 0 Å². The molecule has 1 aromatic rings. The Labute approximate surface area is 110 Å². The van der Waals surface area contributed by atoms with Crippen LogP contribution in [0.25, 0.3) is 0 Å². The number of aliphatic carboxylic acids is 1. The Bertz CT molecular complexity index is 423. The molecule has 0 heterocycles. The molecule has 0 aliphatic carbocycles. The van der Waals surface area contributed by atoms with Gasteiger partial charge in [0.1, 0.15) is 5.82 Å². The van der Waals surface area contributed by atoms with E-state index in [1.165, 1.54) is 12.1 Å². The molecule has 0 radical (unpaired) electrons. The van der Waals surface area contributed by atoms with Crippen LogP contribution in [0, 0.1) is 11.7 Å². The molecule has 0 amide bonds. The predicted octanol–water partition coefficient (Wildman–Crippen LogP) is 3.40. The van der Waals surface area contributed by atoms with Crippen LogP contribution in [0.4, 0.5) is 4.39 Å². The average molecular weight is 275 g/mol. The lowest BCUT2D eigenvalue weighted by atomic mass is 9.91. The molecule has 5 heteroatoms. The minimum atomic E-state index is -1.22. The van der Waals surface area contributed by atoms with Gasteiger partial charge in [-0.2, -0.15) is 0 Å². The molecule has 0 spiro atoms. The number of rotatable bonds is 6. The lowest BCUT2D eigenvalue weighted by Crippen LogP contribution is -2.22. The van der Waals surface area contributed by atoms with Gasteiger partial charge < -0.3 is 10.2 Å². The number of aliphatic hydroxyl groups excluding tert-OH is 1. The standard InChI is InChI=1S/C13H16ClFO3/c1-2-3-4-9(13(17)18)12(16)8-5-6-10(14)11(15)7-8/h5-7,9,12,16H,2-4H2,1H3,(H,17,18). The first-order chi connectivity index (χ1) is 8.47. The molecule has 0 saturated carbocycles. The minimum absolute atomic E-state index is 0.0496. The van der Waals surface area contributed by atoms with Gasteiger partial charge in [-0.05, 0) is 24.1 Å². The third-order valence-corrected chi connectivity index (χ3v) is 3.16. The largest absolute Gasteiger partial charge is 0.481 e. The van der Waals surface area contributed by atoms with Crippen LogP contribution in [-0.2, 0) is 4.79 Å². The summed E-state index contributed by atoms with van der Waals surface area (Å²) >= 11 is 5.54. The van der Waals surface area contributed by atoms with Crippen LogP contribution in [-0.4, -0.2) is 16.2 Å². The summed E-state index contributed by atoms with van der Waals surface area (Å²) < 4.78 is 13.3. The highest BCUT2D eigenvalue weighted by atomic mass is 35.5. The van der Waals surface area contributed by atoms with Crippen LogP contribution in [0.2, 0.25) is 5.02 Å². The number of aliphatic hydroxyl groups is 1. The Morgan fingerprint density at radius 2 is 2.17 bits per heavy atom. The van der Waals surface area contributed by atoms with Crippen molar-refractivity contribution in [3.8, 4) is 0 Å². The zero-order chi connectivity index (χ0) is 13.7. The molecule has 18 heavy (non-hydrogen) atoms. The van der Waals surface area contributed by atoms with Gasteiger partial charge in [-0.25, -0.2) is 4.39 Å². The van der Waals surface area contributed by atoms with Gasteiger partial charge in [0.05, 0.1) is 17.0 Å². The number of carboxylic acid groups (broad SMARTS) is 1. The normalized spacial score (nSPS) is 14.2. The molecule has 0 aliphatic heterocycles. The third-order valence-electron chi connectivity index (χ3n) is 2.85. The predicted molar refractivity (Wildman–Crippen MR) is 67.0 cm³/mol. The number of unbranched alkanes of at least 4 members (excludes halogenated alkanes) is 1. The highest BCUT2D eigenvalue weighted by Gasteiger charge is 2.27. The molecular formula is C13H16ClFO3. The van der Waals surface area contributed by atoms with E-state index < -0.39 is 23.8 Å². The summed E-state index contributed by atoms with van der Waals surface area (Å²) in [6.07, 6.45) is 0.674. The van der Waals surface area contributed by atoms with Crippen molar-refractivity contribution in [1.82, 2.24) is 0 Å². The summed E-state index contributed by atoms with van der Waals surface area (Å²) in [5, 5.41) is 19.0. The summed E-state index contributed by atoms with van der Waals surface area (Å²) in [7, 11) is 0. The quantitative estimate of drug-likeness (QED) is 0.836. The zero-order valence-corrected chi connectivity index (χ0v) is 10.8. The molecule has 1 aromatic carbocycles. The summed E-state index contributed by atoms with van der Waals surface area (Å²) in [6, 6.07) is 3.83. The topological polar surface area (TPSA) is 57.5 Å². The van der Waals surface area contributed by atoms with E-state index in [-0.39, 0.29) is 10.6 Å².